The molecule has 0 saturated carbocycles. The summed E-state index contributed by atoms with van der Waals surface area (Å²) in [5.74, 6) is 0. The first kappa shape index (κ1) is 10.2. The van der Waals surface area contributed by atoms with Gasteiger partial charge in [-0.1, -0.05) is 17.7 Å². The zero-order valence-corrected chi connectivity index (χ0v) is 8.38. The smallest absolute Gasteiger partial charge is 0.0300 e. The van der Waals surface area contributed by atoms with Gasteiger partial charge in [0.25, 0.3) is 0 Å². The number of nitrogens with zero attached hydrogens (tertiary/aromatic N) is 1. The maximum absolute atomic E-state index is 5.38. The molecule has 3 heteroatoms. The maximum atomic E-state index is 5.38. The van der Waals surface area contributed by atoms with Crippen LogP contribution < -0.4 is 5.32 Å². The zero-order chi connectivity index (χ0) is 9.52. The van der Waals surface area contributed by atoms with Crippen molar-refractivity contribution >= 4 is 11.6 Å². The fourth-order valence-corrected chi connectivity index (χ4v) is 1.12. The van der Waals surface area contributed by atoms with Crippen LogP contribution in [0.25, 0.3) is 0 Å². The molecule has 0 unspecified atom stereocenters. The lowest BCUT2D eigenvalue weighted by Crippen LogP contribution is -2.13. The Balaban J connectivity index is 2.41. The van der Waals surface area contributed by atoms with E-state index < -0.39 is 0 Å². The molecule has 1 N–H and O–H groups in total. The van der Waals surface area contributed by atoms with Crippen LogP contribution in [-0.4, -0.2) is 11.5 Å². The van der Waals surface area contributed by atoms with Gasteiger partial charge in [-0.3, -0.25) is 4.98 Å². The Labute approximate surface area is 83.6 Å². The highest BCUT2D eigenvalue weighted by atomic mass is 35.5. The average molecular weight is 197 g/mol. The summed E-state index contributed by atoms with van der Waals surface area (Å²) in [6, 6.07) is 2.02. The zero-order valence-electron chi connectivity index (χ0n) is 7.63. The monoisotopic (exact) mass is 196 g/mol. The molecular weight excluding hydrogens is 184 g/mol. The molecule has 0 aliphatic heterocycles. The fourth-order valence-electron chi connectivity index (χ4n) is 1.04. The Bertz CT molecular complexity index is 284. The van der Waals surface area contributed by atoms with Crippen molar-refractivity contribution in [3.8, 4) is 0 Å². The van der Waals surface area contributed by atoms with Crippen molar-refractivity contribution in [2.75, 3.05) is 6.54 Å². The van der Waals surface area contributed by atoms with Gasteiger partial charge in [-0.05, 0) is 24.1 Å². The quantitative estimate of drug-likeness (QED) is 0.748. The van der Waals surface area contributed by atoms with Gasteiger partial charge in [0.05, 0.1) is 0 Å². The summed E-state index contributed by atoms with van der Waals surface area (Å²) < 4.78 is 0. The standard InChI is InChI=1S/C10H13ClN2/c1-9-7-13-6-3-10(9)8-12-5-2-4-11/h2-4,6-7,12H,5,8H2,1H3/b4-2+. The lowest BCUT2D eigenvalue weighted by Gasteiger charge is -2.04. The highest BCUT2D eigenvalue weighted by Crippen LogP contribution is 2.03. The molecule has 0 bridgehead atoms. The highest BCUT2D eigenvalue weighted by Gasteiger charge is 1.94. The molecule has 0 aromatic carbocycles. The van der Waals surface area contributed by atoms with Crippen LogP contribution in [0.4, 0.5) is 0 Å². The third-order valence-electron chi connectivity index (χ3n) is 1.80. The summed E-state index contributed by atoms with van der Waals surface area (Å²) in [7, 11) is 0. The van der Waals surface area contributed by atoms with Gasteiger partial charge in [-0.15, -0.1) is 0 Å². The van der Waals surface area contributed by atoms with E-state index >= 15 is 0 Å². The summed E-state index contributed by atoms with van der Waals surface area (Å²) in [5.41, 5.74) is 4.01. The van der Waals surface area contributed by atoms with Crippen LogP contribution in [0.2, 0.25) is 0 Å². The number of aromatic nitrogens is 1. The number of hydrogen-bond donors (Lipinski definition) is 1. The molecule has 1 rings (SSSR count). The van der Waals surface area contributed by atoms with Crippen molar-refractivity contribution in [2.45, 2.75) is 13.5 Å². The molecule has 1 aromatic rings. The molecule has 0 radical (unpaired) electrons. The number of rotatable bonds is 4. The van der Waals surface area contributed by atoms with E-state index in [1.807, 2.05) is 18.3 Å². The van der Waals surface area contributed by atoms with E-state index in [9.17, 15) is 0 Å². The summed E-state index contributed by atoms with van der Waals surface area (Å²) in [4.78, 5) is 4.03. The van der Waals surface area contributed by atoms with Crippen LogP contribution in [0.15, 0.2) is 30.1 Å². The SMILES string of the molecule is Cc1cnccc1CNC/C=C/Cl. The van der Waals surface area contributed by atoms with Crippen molar-refractivity contribution in [1.82, 2.24) is 10.3 Å². The van der Waals surface area contributed by atoms with E-state index in [4.69, 9.17) is 11.6 Å². The Kier molecular flexibility index (Phi) is 4.50. The normalized spacial score (nSPS) is 10.9. The summed E-state index contributed by atoms with van der Waals surface area (Å²) in [5, 5.41) is 3.24. The van der Waals surface area contributed by atoms with Crippen LogP contribution >= 0.6 is 11.6 Å². The Morgan fingerprint density at radius 1 is 1.62 bits per heavy atom. The van der Waals surface area contributed by atoms with Gasteiger partial charge < -0.3 is 5.32 Å². The van der Waals surface area contributed by atoms with Gasteiger partial charge >= 0.3 is 0 Å². The van der Waals surface area contributed by atoms with E-state index in [0.717, 1.165) is 13.1 Å². The number of aryl methyl sites for hydroxylation is 1. The molecule has 0 saturated heterocycles. The van der Waals surface area contributed by atoms with E-state index in [0.29, 0.717) is 0 Å². The van der Waals surface area contributed by atoms with E-state index in [1.54, 1.807) is 6.20 Å². The van der Waals surface area contributed by atoms with Crippen LogP contribution in [0.3, 0.4) is 0 Å². The van der Waals surface area contributed by atoms with Gasteiger partial charge in [0.2, 0.25) is 0 Å². The second-order valence-electron chi connectivity index (χ2n) is 2.79. The van der Waals surface area contributed by atoms with Crippen molar-refractivity contribution < 1.29 is 0 Å². The van der Waals surface area contributed by atoms with Gasteiger partial charge in [-0.2, -0.15) is 0 Å². The average Bonchev–Trinajstić information content (AvgIpc) is 2.15. The van der Waals surface area contributed by atoms with Gasteiger partial charge in [0, 0.05) is 31.0 Å². The first-order valence-corrected chi connectivity index (χ1v) is 4.63. The minimum Gasteiger partial charge on any atom is -0.309 e. The van der Waals surface area contributed by atoms with Crippen LogP contribution in [0.5, 0.6) is 0 Å². The van der Waals surface area contributed by atoms with Gasteiger partial charge in [-0.25, -0.2) is 0 Å². The Morgan fingerprint density at radius 2 is 2.46 bits per heavy atom. The lowest BCUT2D eigenvalue weighted by molar-refractivity contribution is 0.754. The Morgan fingerprint density at radius 3 is 3.15 bits per heavy atom. The number of nitrogens with one attached hydrogen (secondary N) is 1. The molecule has 2 nitrogen and oxygen atoms in total. The first-order valence-electron chi connectivity index (χ1n) is 4.20. The van der Waals surface area contributed by atoms with Crippen molar-refractivity contribution in [3.05, 3.63) is 41.2 Å². The van der Waals surface area contributed by atoms with E-state index in [1.165, 1.54) is 16.7 Å². The first-order chi connectivity index (χ1) is 6.34. The van der Waals surface area contributed by atoms with Gasteiger partial charge in [0.1, 0.15) is 0 Å². The molecule has 0 aliphatic carbocycles. The maximum Gasteiger partial charge on any atom is 0.0300 e. The predicted octanol–water partition coefficient (Wildman–Crippen LogP) is 2.23. The van der Waals surface area contributed by atoms with Crippen LogP contribution in [0, 0.1) is 6.92 Å². The summed E-state index contributed by atoms with van der Waals surface area (Å²) >= 11 is 5.38. The van der Waals surface area contributed by atoms with Crippen molar-refractivity contribution in [1.29, 1.82) is 0 Å². The van der Waals surface area contributed by atoms with Crippen molar-refractivity contribution in [2.24, 2.45) is 0 Å². The van der Waals surface area contributed by atoms with Crippen molar-refractivity contribution in [3.63, 3.8) is 0 Å². The molecule has 13 heavy (non-hydrogen) atoms. The second kappa shape index (κ2) is 5.73. The highest BCUT2D eigenvalue weighted by molar-refractivity contribution is 6.25. The summed E-state index contributed by atoms with van der Waals surface area (Å²) in [6.07, 6.45) is 5.55. The fraction of sp³-hybridized carbons (Fsp3) is 0.300. The molecule has 0 spiro atoms. The molecule has 0 atom stereocenters. The van der Waals surface area contributed by atoms with Crippen LogP contribution in [-0.2, 0) is 6.54 Å². The Hall–Kier alpha value is -0.860. The molecule has 0 amide bonds. The predicted molar refractivity (Wildman–Crippen MR) is 55.7 cm³/mol. The molecular formula is C10H13ClN2. The lowest BCUT2D eigenvalue weighted by atomic mass is 10.1. The molecule has 0 aliphatic rings. The van der Waals surface area contributed by atoms with E-state index in [-0.39, 0.29) is 0 Å². The third kappa shape index (κ3) is 3.57. The molecule has 70 valence electrons. The minimum absolute atomic E-state index is 0.797. The number of pyridine rings is 1. The molecule has 1 heterocycles. The van der Waals surface area contributed by atoms with Crippen LogP contribution in [0.1, 0.15) is 11.1 Å². The largest absolute Gasteiger partial charge is 0.309 e. The minimum atomic E-state index is 0.797. The summed E-state index contributed by atoms with van der Waals surface area (Å²) in [6.45, 7) is 3.71. The van der Waals surface area contributed by atoms with Gasteiger partial charge in [0.15, 0.2) is 0 Å². The number of halogens is 1. The topological polar surface area (TPSA) is 24.9 Å². The second-order valence-corrected chi connectivity index (χ2v) is 3.05. The number of hydrogen-bond acceptors (Lipinski definition) is 2. The van der Waals surface area contributed by atoms with E-state index in [2.05, 4.69) is 17.2 Å². The third-order valence-corrected chi connectivity index (χ3v) is 1.98. The molecule has 1 aromatic heterocycles. The molecule has 0 fully saturated rings.